The van der Waals surface area contributed by atoms with Crippen LogP contribution in [0.2, 0.25) is 5.02 Å². The largest absolute Gasteiger partial charge is 0.484 e. The molecule has 1 N–H and O–H groups in total. The van der Waals surface area contributed by atoms with Crippen LogP contribution in [0.15, 0.2) is 47.6 Å². The number of aryl methyl sites for hydroxylation is 1. The molecule has 0 aromatic heterocycles. The number of carbonyl (C=O) groups is 1. The van der Waals surface area contributed by atoms with Crippen LogP contribution in [0.5, 0.6) is 5.75 Å². The van der Waals surface area contributed by atoms with Crippen molar-refractivity contribution < 1.29 is 14.5 Å². The van der Waals surface area contributed by atoms with Gasteiger partial charge in [-0.1, -0.05) is 23.7 Å². The van der Waals surface area contributed by atoms with Gasteiger partial charge in [0.2, 0.25) is 0 Å². The fourth-order valence-electron chi connectivity index (χ4n) is 1.80. The van der Waals surface area contributed by atoms with Gasteiger partial charge in [-0.3, -0.25) is 14.9 Å². The van der Waals surface area contributed by atoms with Crippen molar-refractivity contribution >= 4 is 29.4 Å². The van der Waals surface area contributed by atoms with E-state index in [1.165, 1.54) is 24.4 Å². The number of hydrogen-bond acceptors (Lipinski definition) is 5. The maximum Gasteiger partial charge on any atom is 0.277 e. The molecule has 2 aromatic rings. The van der Waals surface area contributed by atoms with Gasteiger partial charge in [0.05, 0.1) is 11.1 Å². The van der Waals surface area contributed by atoms with Crippen LogP contribution >= 0.6 is 11.6 Å². The molecule has 1 amide bonds. The van der Waals surface area contributed by atoms with Crippen molar-refractivity contribution in [2.75, 3.05) is 6.61 Å². The topological polar surface area (TPSA) is 93.8 Å². The minimum absolute atomic E-state index is 0.116. The molecule has 0 aliphatic rings. The molecule has 0 spiro atoms. The minimum Gasteiger partial charge on any atom is -0.484 e. The Kier molecular flexibility index (Phi) is 5.86. The van der Waals surface area contributed by atoms with Gasteiger partial charge in [0, 0.05) is 22.7 Å². The monoisotopic (exact) mass is 347 g/mol. The van der Waals surface area contributed by atoms with Crippen molar-refractivity contribution in [3.8, 4) is 5.75 Å². The highest BCUT2D eigenvalue weighted by molar-refractivity contribution is 6.33. The smallest absolute Gasteiger partial charge is 0.277 e. The summed E-state index contributed by atoms with van der Waals surface area (Å²) in [7, 11) is 0. The van der Waals surface area contributed by atoms with Gasteiger partial charge < -0.3 is 4.74 Å². The van der Waals surface area contributed by atoms with Gasteiger partial charge in [-0.15, -0.1) is 0 Å². The fourth-order valence-corrected chi connectivity index (χ4v) is 1.97. The van der Waals surface area contributed by atoms with Crippen molar-refractivity contribution in [3.63, 3.8) is 0 Å². The van der Waals surface area contributed by atoms with Gasteiger partial charge in [0.25, 0.3) is 11.6 Å². The van der Waals surface area contributed by atoms with Crippen molar-refractivity contribution in [2.45, 2.75) is 6.92 Å². The first kappa shape index (κ1) is 17.4. The molecule has 0 bridgehead atoms. The normalized spacial score (nSPS) is 10.6. The number of benzene rings is 2. The van der Waals surface area contributed by atoms with Gasteiger partial charge >= 0.3 is 0 Å². The Morgan fingerprint density at radius 2 is 2.17 bits per heavy atom. The van der Waals surface area contributed by atoms with E-state index in [9.17, 15) is 14.9 Å². The van der Waals surface area contributed by atoms with Gasteiger partial charge in [-0.05, 0) is 30.7 Å². The molecular weight excluding hydrogens is 334 g/mol. The van der Waals surface area contributed by atoms with Crippen LogP contribution in [0.25, 0.3) is 0 Å². The summed E-state index contributed by atoms with van der Waals surface area (Å²) in [6.45, 7) is 1.71. The Bertz CT molecular complexity index is 793. The SMILES string of the molecule is Cc1cccc(OCC(=O)N/N=C\c2cc([N+](=O)[O-])ccc2Cl)c1. The molecule has 0 saturated carbocycles. The average molecular weight is 348 g/mol. The van der Waals surface area contributed by atoms with Crippen LogP contribution in [-0.2, 0) is 4.79 Å². The molecule has 2 rings (SSSR count). The zero-order chi connectivity index (χ0) is 17.5. The van der Waals surface area contributed by atoms with Crippen molar-refractivity contribution in [3.05, 3.63) is 68.7 Å². The zero-order valence-corrected chi connectivity index (χ0v) is 13.5. The maximum atomic E-state index is 11.7. The first-order valence-corrected chi connectivity index (χ1v) is 7.29. The first-order valence-electron chi connectivity index (χ1n) is 6.91. The van der Waals surface area contributed by atoms with Gasteiger partial charge in [0.1, 0.15) is 5.75 Å². The highest BCUT2D eigenvalue weighted by Crippen LogP contribution is 2.20. The van der Waals surface area contributed by atoms with E-state index in [-0.39, 0.29) is 17.3 Å². The van der Waals surface area contributed by atoms with Crippen LogP contribution in [-0.4, -0.2) is 23.7 Å². The number of nitro groups is 1. The molecule has 0 unspecified atom stereocenters. The summed E-state index contributed by atoms with van der Waals surface area (Å²) in [6.07, 6.45) is 1.24. The lowest BCUT2D eigenvalue weighted by Crippen LogP contribution is -2.24. The fraction of sp³-hybridized carbons (Fsp3) is 0.125. The molecule has 0 radical (unpaired) electrons. The Hall–Kier alpha value is -2.93. The van der Waals surface area contributed by atoms with Crippen LogP contribution in [0.1, 0.15) is 11.1 Å². The summed E-state index contributed by atoms with van der Waals surface area (Å²) in [5.41, 5.74) is 3.50. The van der Waals surface area contributed by atoms with E-state index in [2.05, 4.69) is 10.5 Å². The second kappa shape index (κ2) is 8.07. The Balaban J connectivity index is 1.90. The number of non-ortho nitro benzene ring substituents is 1. The predicted octanol–water partition coefficient (Wildman–Crippen LogP) is 3.09. The second-order valence-corrected chi connectivity index (χ2v) is 5.27. The predicted molar refractivity (Wildman–Crippen MR) is 90.5 cm³/mol. The lowest BCUT2D eigenvalue weighted by Gasteiger charge is -2.05. The van der Waals surface area contributed by atoms with E-state index in [1.807, 2.05) is 19.1 Å². The van der Waals surface area contributed by atoms with Gasteiger partial charge in [0.15, 0.2) is 6.61 Å². The summed E-state index contributed by atoms with van der Waals surface area (Å²) < 4.78 is 5.32. The molecule has 0 atom stereocenters. The number of nitrogens with one attached hydrogen (secondary N) is 1. The maximum absolute atomic E-state index is 11.7. The van der Waals surface area contributed by atoms with Crippen LogP contribution in [0.4, 0.5) is 5.69 Å². The third kappa shape index (κ3) is 5.06. The lowest BCUT2D eigenvalue weighted by atomic mass is 10.2. The Morgan fingerprint density at radius 1 is 1.38 bits per heavy atom. The van der Waals surface area contributed by atoms with Crippen molar-refractivity contribution in [1.82, 2.24) is 5.43 Å². The number of hydrogen-bond donors (Lipinski definition) is 1. The number of carbonyl (C=O) groups excluding carboxylic acids is 1. The third-order valence-electron chi connectivity index (χ3n) is 2.94. The van der Waals surface area contributed by atoms with Crippen LogP contribution in [0.3, 0.4) is 0 Å². The molecule has 0 heterocycles. The number of hydrazone groups is 1. The van der Waals surface area contributed by atoms with E-state index >= 15 is 0 Å². The second-order valence-electron chi connectivity index (χ2n) is 4.86. The van der Waals surface area contributed by atoms with E-state index in [0.29, 0.717) is 11.3 Å². The number of amides is 1. The molecular formula is C16H14ClN3O4. The number of nitro benzene ring substituents is 1. The lowest BCUT2D eigenvalue weighted by molar-refractivity contribution is -0.384. The standard InChI is InChI=1S/C16H14ClN3O4/c1-11-3-2-4-14(7-11)24-10-16(21)19-18-9-12-8-13(20(22)23)5-6-15(12)17/h2-9H,10H2,1H3,(H,19,21)/b18-9-. The zero-order valence-electron chi connectivity index (χ0n) is 12.7. The number of nitrogens with zero attached hydrogens (tertiary/aromatic N) is 2. The summed E-state index contributed by atoms with van der Waals surface area (Å²) in [5.74, 6) is 0.116. The quantitative estimate of drug-likeness (QED) is 0.493. The van der Waals surface area contributed by atoms with E-state index in [0.717, 1.165) is 5.56 Å². The number of rotatable bonds is 6. The molecule has 2 aromatic carbocycles. The number of ether oxygens (including phenoxy) is 1. The van der Waals surface area contributed by atoms with E-state index < -0.39 is 10.8 Å². The minimum atomic E-state index is -0.540. The Morgan fingerprint density at radius 3 is 2.88 bits per heavy atom. The summed E-state index contributed by atoms with van der Waals surface area (Å²) in [4.78, 5) is 21.8. The summed E-state index contributed by atoms with van der Waals surface area (Å²) >= 11 is 5.92. The third-order valence-corrected chi connectivity index (χ3v) is 3.29. The molecule has 7 nitrogen and oxygen atoms in total. The van der Waals surface area contributed by atoms with Gasteiger partial charge in [-0.25, -0.2) is 5.43 Å². The molecule has 8 heteroatoms. The molecule has 0 saturated heterocycles. The van der Waals surface area contributed by atoms with Crippen LogP contribution in [0, 0.1) is 17.0 Å². The first-order chi connectivity index (χ1) is 11.5. The highest BCUT2D eigenvalue weighted by Gasteiger charge is 2.08. The van der Waals surface area contributed by atoms with Gasteiger partial charge in [-0.2, -0.15) is 5.10 Å². The van der Waals surface area contributed by atoms with E-state index in [1.54, 1.807) is 12.1 Å². The molecule has 24 heavy (non-hydrogen) atoms. The summed E-state index contributed by atoms with van der Waals surface area (Å²) in [6, 6.07) is 11.2. The highest BCUT2D eigenvalue weighted by atomic mass is 35.5. The molecule has 0 fully saturated rings. The molecule has 124 valence electrons. The summed E-state index contributed by atoms with van der Waals surface area (Å²) in [5, 5.41) is 14.7. The number of halogens is 1. The van der Waals surface area contributed by atoms with E-state index in [4.69, 9.17) is 16.3 Å². The average Bonchev–Trinajstić information content (AvgIpc) is 2.54. The molecule has 0 aliphatic carbocycles. The molecule has 0 aliphatic heterocycles. The van der Waals surface area contributed by atoms with Crippen molar-refractivity contribution in [2.24, 2.45) is 5.10 Å². The van der Waals surface area contributed by atoms with Crippen LogP contribution < -0.4 is 10.2 Å². The Labute approximate surface area is 143 Å². The van der Waals surface area contributed by atoms with Crippen molar-refractivity contribution in [1.29, 1.82) is 0 Å².